The summed E-state index contributed by atoms with van der Waals surface area (Å²) in [5, 5.41) is 11.7. The first kappa shape index (κ1) is 17.3. The van der Waals surface area contributed by atoms with Gasteiger partial charge in [-0.1, -0.05) is 42.5 Å². The van der Waals surface area contributed by atoms with Gasteiger partial charge in [-0.15, -0.1) is 0 Å². The van der Waals surface area contributed by atoms with Crippen molar-refractivity contribution in [3.63, 3.8) is 0 Å². The van der Waals surface area contributed by atoms with Gasteiger partial charge < -0.3 is 19.9 Å². The van der Waals surface area contributed by atoms with Crippen LogP contribution < -0.4 is 10.1 Å². The molecule has 6 nitrogen and oxygen atoms in total. The number of hydrogen-bond donors (Lipinski definition) is 2. The molecule has 2 aromatic rings. The van der Waals surface area contributed by atoms with Gasteiger partial charge >= 0.3 is 12.1 Å². The lowest BCUT2D eigenvalue weighted by molar-refractivity contribution is -0.137. The van der Waals surface area contributed by atoms with E-state index in [1.807, 2.05) is 30.3 Å². The molecule has 0 radical (unpaired) electrons. The molecule has 0 saturated heterocycles. The van der Waals surface area contributed by atoms with Crippen LogP contribution in [0.2, 0.25) is 0 Å². The van der Waals surface area contributed by atoms with E-state index in [0.717, 1.165) is 5.56 Å². The fourth-order valence-electron chi connectivity index (χ4n) is 2.19. The summed E-state index contributed by atoms with van der Waals surface area (Å²) in [5.74, 6) is -0.437. The van der Waals surface area contributed by atoms with Gasteiger partial charge in [-0.3, -0.25) is 4.79 Å². The summed E-state index contributed by atoms with van der Waals surface area (Å²) in [5.41, 5.74) is 1.48. The number of alkyl carbamates (subject to hydrolysis) is 1. The second-order valence-electron chi connectivity index (χ2n) is 5.13. The Morgan fingerprint density at radius 2 is 1.88 bits per heavy atom. The first-order valence-electron chi connectivity index (χ1n) is 7.41. The van der Waals surface area contributed by atoms with E-state index in [4.69, 9.17) is 14.6 Å². The van der Waals surface area contributed by atoms with Gasteiger partial charge in [0.2, 0.25) is 0 Å². The third kappa shape index (κ3) is 5.31. The summed E-state index contributed by atoms with van der Waals surface area (Å²) in [7, 11) is 1.52. The Hall–Kier alpha value is -3.02. The average Bonchev–Trinajstić information content (AvgIpc) is 2.60. The molecule has 0 bridgehead atoms. The second kappa shape index (κ2) is 8.57. The van der Waals surface area contributed by atoms with Crippen molar-refractivity contribution < 1.29 is 24.2 Å². The molecule has 24 heavy (non-hydrogen) atoms. The van der Waals surface area contributed by atoms with Crippen LogP contribution in [0.5, 0.6) is 5.75 Å². The summed E-state index contributed by atoms with van der Waals surface area (Å²) in [6.45, 7) is 0.116. The molecule has 2 aromatic carbocycles. The van der Waals surface area contributed by atoms with E-state index in [9.17, 15) is 9.59 Å². The van der Waals surface area contributed by atoms with Crippen LogP contribution in [0, 0.1) is 0 Å². The van der Waals surface area contributed by atoms with Crippen LogP contribution in [0.1, 0.15) is 23.6 Å². The maximum Gasteiger partial charge on any atom is 0.407 e. The van der Waals surface area contributed by atoms with Gasteiger partial charge in [0.25, 0.3) is 0 Å². The highest BCUT2D eigenvalue weighted by Crippen LogP contribution is 2.22. The molecular formula is C18H19NO5. The minimum Gasteiger partial charge on any atom is -0.497 e. The molecule has 2 N–H and O–H groups in total. The van der Waals surface area contributed by atoms with Crippen LogP contribution in [0.3, 0.4) is 0 Å². The number of amides is 1. The zero-order chi connectivity index (χ0) is 17.4. The molecule has 0 saturated carbocycles. The smallest absolute Gasteiger partial charge is 0.407 e. The van der Waals surface area contributed by atoms with Crippen molar-refractivity contribution in [2.24, 2.45) is 0 Å². The van der Waals surface area contributed by atoms with E-state index < -0.39 is 18.1 Å². The second-order valence-corrected chi connectivity index (χ2v) is 5.13. The Labute approximate surface area is 140 Å². The number of benzene rings is 2. The molecule has 2 rings (SSSR count). The lowest BCUT2D eigenvalue weighted by Gasteiger charge is -2.18. The highest BCUT2D eigenvalue weighted by molar-refractivity contribution is 5.72. The Balaban J connectivity index is 2.02. The zero-order valence-corrected chi connectivity index (χ0v) is 13.3. The van der Waals surface area contributed by atoms with E-state index in [1.165, 1.54) is 7.11 Å². The van der Waals surface area contributed by atoms with Gasteiger partial charge in [-0.2, -0.15) is 0 Å². The van der Waals surface area contributed by atoms with Crippen LogP contribution in [-0.2, 0) is 16.1 Å². The normalized spacial score (nSPS) is 11.4. The summed E-state index contributed by atoms with van der Waals surface area (Å²) in [4.78, 5) is 23.1. The number of carbonyl (C=O) groups excluding carboxylic acids is 1. The standard InChI is InChI=1S/C18H19NO5/c1-23-15-9-5-8-14(10-15)16(11-17(20)21)19-18(22)24-12-13-6-3-2-4-7-13/h2-10,16H,11-12H2,1H3,(H,19,22)(H,20,21). The van der Waals surface area contributed by atoms with Crippen molar-refractivity contribution in [1.82, 2.24) is 5.32 Å². The first-order valence-corrected chi connectivity index (χ1v) is 7.41. The fourth-order valence-corrected chi connectivity index (χ4v) is 2.19. The van der Waals surface area contributed by atoms with E-state index in [0.29, 0.717) is 11.3 Å². The van der Waals surface area contributed by atoms with Gasteiger partial charge in [0.15, 0.2) is 0 Å². The maximum absolute atomic E-state index is 12.0. The van der Waals surface area contributed by atoms with E-state index in [1.54, 1.807) is 24.3 Å². The molecule has 0 fully saturated rings. The minimum absolute atomic E-state index is 0.116. The lowest BCUT2D eigenvalue weighted by Crippen LogP contribution is -2.30. The number of carboxylic acid groups (broad SMARTS) is 1. The monoisotopic (exact) mass is 329 g/mol. The Morgan fingerprint density at radius 3 is 2.54 bits per heavy atom. The van der Waals surface area contributed by atoms with Gasteiger partial charge in [-0.25, -0.2) is 4.79 Å². The van der Waals surface area contributed by atoms with E-state index in [-0.39, 0.29) is 13.0 Å². The molecule has 0 aliphatic carbocycles. The highest BCUT2D eigenvalue weighted by Gasteiger charge is 2.19. The molecule has 0 aliphatic heterocycles. The summed E-state index contributed by atoms with van der Waals surface area (Å²) in [6, 6.07) is 15.4. The summed E-state index contributed by atoms with van der Waals surface area (Å²) >= 11 is 0. The third-order valence-electron chi connectivity index (χ3n) is 3.38. The highest BCUT2D eigenvalue weighted by atomic mass is 16.5. The van der Waals surface area contributed by atoms with Gasteiger partial charge in [0.05, 0.1) is 19.6 Å². The number of carboxylic acids is 1. The van der Waals surface area contributed by atoms with Gasteiger partial charge in [0.1, 0.15) is 12.4 Å². The number of aliphatic carboxylic acids is 1. The predicted molar refractivity (Wildman–Crippen MR) is 87.8 cm³/mol. The molecule has 0 heterocycles. The lowest BCUT2D eigenvalue weighted by atomic mass is 10.0. The van der Waals surface area contributed by atoms with Crippen LogP contribution in [0.4, 0.5) is 4.79 Å². The number of hydrogen-bond acceptors (Lipinski definition) is 4. The topological polar surface area (TPSA) is 84.9 Å². The molecule has 1 atom stereocenters. The Bertz CT molecular complexity index is 687. The number of carbonyl (C=O) groups is 2. The Kier molecular flexibility index (Phi) is 6.19. The van der Waals surface area contributed by atoms with Gasteiger partial charge in [-0.05, 0) is 23.3 Å². The van der Waals surface area contributed by atoms with Crippen LogP contribution in [-0.4, -0.2) is 24.3 Å². The van der Waals surface area contributed by atoms with Crippen molar-refractivity contribution in [2.75, 3.05) is 7.11 Å². The average molecular weight is 329 g/mol. The Morgan fingerprint density at radius 1 is 1.12 bits per heavy atom. The summed E-state index contributed by atoms with van der Waals surface area (Å²) in [6.07, 6.45) is -0.930. The molecule has 6 heteroatoms. The van der Waals surface area contributed by atoms with Crippen LogP contribution in [0.15, 0.2) is 54.6 Å². The quantitative estimate of drug-likeness (QED) is 0.815. The van der Waals surface area contributed by atoms with Gasteiger partial charge in [0, 0.05) is 0 Å². The fraction of sp³-hybridized carbons (Fsp3) is 0.222. The molecule has 1 unspecified atom stereocenters. The maximum atomic E-state index is 12.0. The van der Waals surface area contributed by atoms with Crippen molar-refractivity contribution in [3.8, 4) is 5.75 Å². The zero-order valence-electron chi connectivity index (χ0n) is 13.3. The molecule has 0 aromatic heterocycles. The van der Waals surface area contributed by atoms with E-state index >= 15 is 0 Å². The third-order valence-corrected chi connectivity index (χ3v) is 3.38. The number of rotatable bonds is 7. The van der Waals surface area contributed by atoms with Crippen molar-refractivity contribution >= 4 is 12.1 Å². The van der Waals surface area contributed by atoms with Crippen LogP contribution >= 0.6 is 0 Å². The van der Waals surface area contributed by atoms with Crippen LogP contribution in [0.25, 0.3) is 0 Å². The SMILES string of the molecule is COc1cccc(C(CC(=O)O)NC(=O)OCc2ccccc2)c1. The molecule has 1 amide bonds. The van der Waals surface area contributed by atoms with Crippen molar-refractivity contribution in [3.05, 3.63) is 65.7 Å². The molecular weight excluding hydrogens is 310 g/mol. The van der Waals surface area contributed by atoms with Crippen molar-refractivity contribution in [1.29, 1.82) is 0 Å². The van der Waals surface area contributed by atoms with E-state index in [2.05, 4.69) is 5.32 Å². The minimum atomic E-state index is -1.02. The number of ether oxygens (including phenoxy) is 2. The summed E-state index contributed by atoms with van der Waals surface area (Å²) < 4.78 is 10.3. The molecule has 126 valence electrons. The number of nitrogens with one attached hydrogen (secondary N) is 1. The number of methoxy groups -OCH3 is 1. The molecule has 0 aliphatic rings. The largest absolute Gasteiger partial charge is 0.497 e. The first-order chi connectivity index (χ1) is 11.6. The molecule has 0 spiro atoms. The van der Waals surface area contributed by atoms with Crippen molar-refractivity contribution in [2.45, 2.75) is 19.1 Å². The predicted octanol–water partition coefficient (Wildman–Crippen LogP) is 3.14.